The number of halogens is 3. The molecule has 0 amide bonds. The number of hydrogen-bond acceptors (Lipinski definition) is 3. The summed E-state index contributed by atoms with van der Waals surface area (Å²) in [6, 6.07) is 96.0. The van der Waals surface area contributed by atoms with Gasteiger partial charge in [-0.25, -0.2) is 15.0 Å². The first-order chi connectivity index (χ1) is 41.3. The molecule has 0 atom stereocenters. The normalized spacial score (nSPS) is 11.8. The third kappa shape index (κ3) is 8.89. The Hall–Kier alpha value is -11.0. The van der Waals surface area contributed by atoms with Crippen LogP contribution in [0.1, 0.15) is 5.56 Å². The van der Waals surface area contributed by atoms with Gasteiger partial charge in [-0.15, -0.1) is 0 Å². The van der Waals surface area contributed by atoms with Crippen LogP contribution in [0.4, 0.5) is 13.2 Å². The van der Waals surface area contributed by atoms with Crippen LogP contribution in [0.3, 0.4) is 0 Å². The number of aromatic nitrogens is 5. The van der Waals surface area contributed by atoms with Crippen molar-refractivity contribution < 1.29 is 13.2 Å². The number of rotatable bonds is 10. The molecule has 0 aliphatic carbocycles. The van der Waals surface area contributed by atoms with Crippen molar-refractivity contribution in [3.05, 3.63) is 297 Å². The Balaban J connectivity index is 1.06. The summed E-state index contributed by atoms with van der Waals surface area (Å²) in [5.41, 5.74) is 14.1. The van der Waals surface area contributed by atoms with Gasteiger partial charge in [0.25, 0.3) is 0 Å². The number of alkyl halides is 3. The predicted molar refractivity (Wildman–Crippen MR) is 337 cm³/mol. The van der Waals surface area contributed by atoms with E-state index in [0.717, 1.165) is 88.2 Å². The molecule has 398 valence electrons. The van der Waals surface area contributed by atoms with Crippen LogP contribution in [0.5, 0.6) is 0 Å². The van der Waals surface area contributed by atoms with Crippen molar-refractivity contribution in [2.75, 3.05) is 0 Å². The Morgan fingerprint density at radius 3 is 0.929 bits per heavy atom. The molecular weight excluding hydrogens is 1040 g/mol. The van der Waals surface area contributed by atoms with Crippen LogP contribution < -0.4 is 0 Å². The monoisotopic (exact) mass is 1090 g/mol. The van der Waals surface area contributed by atoms with E-state index < -0.39 is 11.7 Å². The van der Waals surface area contributed by atoms with E-state index in [1.165, 1.54) is 12.1 Å². The van der Waals surface area contributed by atoms with Gasteiger partial charge in [0, 0.05) is 49.4 Å². The molecular formula is C76H48F3N5. The Morgan fingerprint density at radius 1 is 0.250 bits per heavy atom. The number of fused-ring (bicyclic) bond motifs is 6. The van der Waals surface area contributed by atoms with E-state index in [0.29, 0.717) is 50.9 Å². The lowest BCUT2D eigenvalue weighted by Crippen LogP contribution is -2.13. The van der Waals surface area contributed by atoms with Crippen molar-refractivity contribution in [2.45, 2.75) is 6.18 Å². The van der Waals surface area contributed by atoms with E-state index >= 15 is 13.2 Å². The molecule has 12 aromatic carbocycles. The fraction of sp³-hybridized carbons (Fsp3) is 0.0132. The fourth-order valence-electron chi connectivity index (χ4n) is 12.0. The molecule has 15 aromatic rings. The molecule has 0 unspecified atom stereocenters. The topological polar surface area (TPSA) is 48.5 Å². The summed E-state index contributed by atoms with van der Waals surface area (Å²) in [6.07, 6.45) is -4.79. The standard InChI is InChI=1S/C76H48F3N5/c77-76(78,79)66-33-19-32-60(72(66)84-70-41-36-57(51-24-11-3-12-25-51)46-64(70)65-47-58(37-42-71(65)84)52-26-13-4-14-27-52)61-48-59(75-81-73(53-28-15-5-16-29-53)80-74(82-75)54-30-17-6-18-31-54)38-43-67(61)83-68-39-34-55(49-20-7-1-8-21-49)44-62(68)63-45-56(35-40-69(63)83)50-22-9-2-10-23-50/h1-48H. The molecule has 3 aromatic heterocycles. The summed E-state index contributed by atoms with van der Waals surface area (Å²) in [7, 11) is 0. The molecule has 0 bridgehead atoms. The zero-order valence-electron chi connectivity index (χ0n) is 45.1. The summed E-state index contributed by atoms with van der Waals surface area (Å²) in [5.74, 6) is 1.29. The van der Waals surface area contributed by atoms with Crippen molar-refractivity contribution >= 4 is 43.6 Å². The SMILES string of the molecule is FC(F)(F)c1cccc(-c2cc(-c3nc(-c4ccccc4)nc(-c4ccccc4)n3)ccc2-n2c3ccc(-c4ccccc4)cc3c3cc(-c4ccccc4)ccc32)c1-n1c2ccc(-c3ccccc3)cc2c2cc(-c3ccccc3)ccc21. The molecule has 0 radical (unpaired) electrons. The second-order valence-corrected chi connectivity index (χ2v) is 21.0. The van der Waals surface area contributed by atoms with Gasteiger partial charge in [-0.05, 0) is 117 Å². The summed E-state index contributed by atoms with van der Waals surface area (Å²) < 4.78 is 53.7. The number of hydrogen-bond donors (Lipinski definition) is 0. The Morgan fingerprint density at radius 2 is 0.571 bits per heavy atom. The van der Waals surface area contributed by atoms with Gasteiger partial charge >= 0.3 is 6.18 Å². The maximum Gasteiger partial charge on any atom is 0.418 e. The largest absolute Gasteiger partial charge is 0.418 e. The number of benzene rings is 12. The summed E-state index contributed by atoms with van der Waals surface area (Å²) in [4.78, 5) is 15.3. The first-order valence-electron chi connectivity index (χ1n) is 27.9. The van der Waals surface area contributed by atoms with Crippen LogP contribution in [-0.2, 0) is 6.18 Å². The number of para-hydroxylation sites is 1. The molecule has 8 heteroatoms. The van der Waals surface area contributed by atoms with Crippen LogP contribution in [0.15, 0.2) is 291 Å². The van der Waals surface area contributed by atoms with Gasteiger partial charge in [0.15, 0.2) is 17.5 Å². The van der Waals surface area contributed by atoms with Gasteiger partial charge in [0.05, 0.1) is 39.0 Å². The van der Waals surface area contributed by atoms with Gasteiger partial charge in [0.2, 0.25) is 0 Å². The van der Waals surface area contributed by atoms with Crippen molar-refractivity contribution in [1.29, 1.82) is 0 Å². The lowest BCUT2D eigenvalue weighted by molar-refractivity contribution is -0.137. The van der Waals surface area contributed by atoms with Crippen LogP contribution in [0.25, 0.3) is 145 Å². The highest BCUT2D eigenvalue weighted by Crippen LogP contribution is 2.48. The number of nitrogens with zero attached hydrogens (tertiary/aromatic N) is 5. The molecule has 5 nitrogen and oxygen atoms in total. The maximum atomic E-state index is 16.6. The third-order valence-corrected chi connectivity index (χ3v) is 16.0. The molecule has 84 heavy (non-hydrogen) atoms. The second kappa shape index (κ2) is 20.5. The summed E-state index contributed by atoms with van der Waals surface area (Å²) in [5, 5.41) is 3.62. The summed E-state index contributed by atoms with van der Waals surface area (Å²) >= 11 is 0. The highest BCUT2D eigenvalue weighted by Gasteiger charge is 2.37. The fourth-order valence-corrected chi connectivity index (χ4v) is 12.0. The first kappa shape index (κ1) is 50.0. The predicted octanol–water partition coefficient (Wildman–Crippen LogP) is 20.4. The Labute approximate surface area is 482 Å². The van der Waals surface area contributed by atoms with Crippen molar-refractivity contribution in [1.82, 2.24) is 24.1 Å². The average molecular weight is 1090 g/mol. The van der Waals surface area contributed by atoms with Crippen LogP contribution in [0.2, 0.25) is 0 Å². The molecule has 0 spiro atoms. The lowest BCUT2D eigenvalue weighted by atomic mass is 9.95. The highest BCUT2D eigenvalue weighted by molar-refractivity contribution is 6.14. The Kier molecular flexibility index (Phi) is 12.2. The quantitative estimate of drug-likeness (QED) is 0.137. The molecule has 0 saturated heterocycles. The van der Waals surface area contributed by atoms with E-state index in [-0.39, 0.29) is 5.69 Å². The minimum Gasteiger partial charge on any atom is -0.309 e. The van der Waals surface area contributed by atoms with Gasteiger partial charge in [0.1, 0.15) is 0 Å². The van der Waals surface area contributed by atoms with Crippen molar-refractivity contribution in [3.63, 3.8) is 0 Å². The average Bonchev–Trinajstić information content (AvgIpc) is 1.74. The van der Waals surface area contributed by atoms with Crippen LogP contribution >= 0.6 is 0 Å². The zero-order chi connectivity index (χ0) is 56.3. The smallest absolute Gasteiger partial charge is 0.309 e. The van der Waals surface area contributed by atoms with E-state index in [4.69, 9.17) is 15.0 Å². The van der Waals surface area contributed by atoms with Gasteiger partial charge < -0.3 is 9.13 Å². The molecule has 0 fully saturated rings. The molecule has 0 aliphatic heterocycles. The van der Waals surface area contributed by atoms with E-state index in [9.17, 15) is 0 Å². The van der Waals surface area contributed by atoms with E-state index in [1.807, 2.05) is 187 Å². The van der Waals surface area contributed by atoms with Crippen LogP contribution in [-0.4, -0.2) is 24.1 Å². The minimum atomic E-state index is -4.79. The second-order valence-electron chi connectivity index (χ2n) is 21.0. The first-order valence-corrected chi connectivity index (χ1v) is 27.9. The molecule has 0 saturated carbocycles. The zero-order valence-corrected chi connectivity index (χ0v) is 45.1. The van der Waals surface area contributed by atoms with E-state index in [1.54, 1.807) is 0 Å². The third-order valence-electron chi connectivity index (χ3n) is 16.0. The molecule has 15 rings (SSSR count). The molecule has 0 aliphatic rings. The van der Waals surface area contributed by atoms with Gasteiger partial charge in [-0.3, -0.25) is 0 Å². The van der Waals surface area contributed by atoms with Gasteiger partial charge in [-0.1, -0.05) is 218 Å². The van der Waals surface area contributed by atoms with Crippen molar-refractivity contribution in [2.24, 2.45) is 0 Å². The lowest BCUT2D eigenvalue weighted by Gasteiger charge is -2.23. The van der Waals surface area contributed by atoms with Gasteiger partial charge in [-0.2, -0.15) is 13.2 Å². The Bertz CT molecular complexity index is 4710. The molecule has 3 heterocycles. The molecule has 0 N–H and O–H groups in total. The van der Waals surface area contributed by atoms with Crippen LogP contribution in [0, 0.1) is 0 Å². The van der Waals surface area contributed by atoms with Crippen molar-refractivity contribution in [3.8, 4) is 101 Å². The maximum absolute atomic E-state index is 16.6. The summed E-state index contributed by atoms with van der Waals surface area (Å²) in [6.45, 7) is 0. The minimum absolute atomic E-state index is 0.00702. The highest BCUT2D eigenvalue weighted by atomic mass is 19.4. The van der Waals surface area contributed by atoms with E-state index in [2.05, 4.69) is 102 Å².